The Kier molecular flexibility index (Phi) is 4.62. The number of rotatable bonds is 2. The zero-order chi connectivity index (χ0) is 17.5. The number of hydrogen-bond acceptors (Lipinski definition) is 3. The van der Waals surface area contributed by atoms with Crippen molar-refractivity contribution in [1.82, 2.24) is 15.0 Å². The van der Waals surface area contributed by atoms with Crippen molar-refractivity contribution in [1.29, 1.82) is 0 Å². The average Bonchev–Trinajstić information content (AvgIpc) is 2.90. The number of aryl methyl sites for hydroxylation is 1. The van der Waals surface area contributed by atoms with Crippen molar-refractivity contribution >= 4 is 69.0 Å². The number of halogens is 4. The molecule has 0 saturated carbocycles. The summed E-state index contributed by atoms with van der Waals surface area (Å²) in [6.45, 7) is 1.81. The van der Waals surface area contributed by atoms with Crippen LogP contribution in [0.15, 0.2) is 36.4 Å². The van der Waals surface area contributed by atoms with Gasteiger partial charge in [0.05, 0.1) is 5.69 Å². The number of nitrogens with one attached hydrogen (secondary N) is 1. The van der Waals surface area contributed by atoms with E-state index in [0.29, 0.717) is 21.7 Å². The zero-order valence-electron chi connectivity index (χ0n) is 12.2. The number of hydrogen-bond donors (Lipinski definition) is 1. The average molecular weight is 404 g/mol. The molecule has 0 unspecified atom stereocenters. The lowest BCUT2D eigenvalue weighted by Gasteiger charge is -2.12. The first-order valence-electron chi connectivity index (χ1n) is 6.76. The van der Waals surface area contributed by atoms with E-state index in [2.05, 4.69) is 15.5 Å². The van der Waals surface area contributed by atoms with E-state index in [0.717, 1.165) is 11.3 Å². The molecule has 1 aromatic heterocycles. The van der Waals surface area contributed by atoms with Crippen molar-refractivity contribution in [2.75, 3.05) is 5.32 Å². The topological polar surface area (TPSA) is 59.8 Å². The minimum atomic E-state index is -2.04. The fourth-order valence-corrected chi connectivity index (χ4v) is 2.35. The van der Waals surface area contributed by atoms with Crippen molar-refractivity contribution in [2.45, 2.75) is 10.7 Å². The number of fused-ring (bicyclic) bond motifs is 1. The SMILES string of the molecule is Cc1cc2nn(-c3ccc(Cl)cc3)nc2cc1NC(=O)C(Cl)(Cl)Cl. The number of anilines is 1. The van der Waals surface area contributed by atoms with Crippen LogP contribution in [0.5, 0.6) is 0 Å². The van der Waals surface area contributed by atoms with Gasteiger partial charge in [0.15, 0.2) is 0 Å². The van der Waals surface area contributed by atoms with E-state index >= 15 is 0 Å². The first-order valence-corrected chi connectivity index (χ1v) is 8.27. The summed E-state index contributed by atoms with van der Waals surface area (Å²) >= 11 is 22.6. The second kappa shape index (κ2) is 6.41. The molecule has 3 aromatic rings. The number of aromatic nitrogens is 3. The summed E-state index contributed by atoms with van der Waals surface area (Å²) in [5.41, 5.74) is 3.31. The predicted octanol–water partition coefficient (Wildman–Crippen LogP) is 4.69. The lowest BCUT2D eigenvalue weighted by molar-refractivity contribution is -0.115. The molecule has 0 saturated heterocycles. The Morgan fingerprint density at radius 1 is 1.08 bits per heavy atom. The molecule has 1 heterocycles. The molecule has 1 N–H and O–H groups in total. The lowest BCUT2D eigenvalue weighted by atomic mass is 10.1. The van der Waals surface area contributed by atoms with Gasteiger partial charge >= 0.3 is 0 Å². The van der Waals surface area contributed by atoms with Crippen LogP contribution in [-0.2, 0) is 4.79 Å². The molecule has 0 bridgehead atoms. The van der Waals surface area contributed by atoms with Crippen LogP contribution >= 0.6 is 46.4 Å². The minimum Gasteiger partial charge on any atom is -0.322 e. The smallest absolute Gasteiger partial charge is 0.276 e. The number of benzene rings is 2. The highest BCUT2D eigenvalue weighted by Crippen LogP contribution is 2.29. The molecule has 1 amide bonds. The van der Waals surface area contributed by atoms with Crippen LogP contribution in [0.4, 0.5) is 5.69 Å². The Morgan fingerprint density at radius 2 is 1.67 bits per heavy atom. The van der Waals surface area contributed by atoms with Crippen LogP contribution in [0.3, 0.4) is 0 Å². The van der Waals surface area contributed by atoms with Crippen LogP contribution in [0.25, 0.3) is 16.7 Å². The molecular weight excluding hydrogens is 394 g/mol. The number of alkyl halides is 3. The fourth-order valence-electron chi connectivity index (χ4n) is 2.09. The first-order chi connectivity index (χ1) is 11.2. The minimum absolute atomic E-state index is 0.502. The molecule has 0 aliphatic rings. The largest absolute Gasteiger partial charge is 0.322 e. The highest BCUT2D eigenvalue weighted by atomic mass is 35.6. The highest BCUT2D eigenvalue weighted by molar-refractivity contribution is 6.76. The van der Waals surface area contributed by atoms with Gasteiger partial charge < -0.3 is 5.32 Å². The molecule has 0 radical (unpaired) electrons. The van der Waals surface area contributed by atoms with Crippen molar-refractivity contribution < 1.29 is 4.79 Å². The van der Waals surface area contributed by atoms with Gasteiger partial charge in [0.2, 0.25) is 0 Å². The van der Waals surface area contributed by atoms with E-state index in [-0.39, 0.29) is 0 Å². The summed E-state index contributed by atoms with van der Waals surface area (Å²) < 4.78 is -2.04. The van der Waals surface area contributed by atoms with Crippen LogP contribution < -0.4 is 5.32 Å². The molecule has 5 nitrogen and oxygen atoms in total. The first kappa shape index (κ1) is 17.3. The fraction of sp³-hybridized carbons (Fsp3) is 0.133. The van der Waals surface area contributed by atoms with Crippen molar-refractivity contribution in [3.8, 4) is 5.69 Å². The molecule has 3 rings (SSSR count). The summed E-state index contributed by atoms with van der Waals surface area (Å²) in [6.07, 6.45) is 0. The zero-order valence-corrected chi connectivity index (χ0v) is 15.2. The Balaban J connectivity index is 1.99. The summed E-state index contributed by atoms with van der Waals surface area (Å²) in [5, 5.41) is 12.0. The number of nitrogens with zero attached hydrogens (tertiary/aromatic N) is 3. The molecular formula is C15H10Cl4N4O. The predicted molar refractivity (Wildman–Crippen MR) is 97.5 cm³/mol. The van der Waals surface area contributed by atoms with Crippen molar-refractivity contribution in [3.63, 3.8) is 0 Å². The van der Waals surface area contributed by atoms with Gasteiger partial charge in [-0.3, -0.25) is 4.79 Å². The monoisotopic (exact) mass is 402 g/mol. The van der Waals surface area contributed by atoms with Crippen LogP contribution in [0.2, 0.25) is 5.02 Å². The maximum absolute atomic E-state index is 11.8. The standard InChI is InChI=1S/C15H10Cl4N4O/c1-8-6-12-13(7-11(8)20-14(24)15(17,18)19)22-23(21-12)10-4-2-9(16)3-5-10/h2-7H,1H3,(H,20,24). The van der Waals surface area contributed by atoms with Gasteiger partial charge in [0, 0.05) is 10.7 Å². The molecule has 9 heteroatoms. The molecule has 24 heavy (non-hydrogen) atoms. The molecule has 0 atom stereocenters. The second-order valence-corrected chi connectivity index (χ2v) is 7.79. The van der Waals surface area contributed by atoms with Gasteiger partial charge in [0.1, 0.15) is 11.0 Å². The van der Waals surface area contributed by atoms with Crippen molar-refractivity contribution in [2.24, 2.45) is 0 Å². The van der Waals surface area contributed by atoms with E-state index in [9.17, 15) is 4.79 Å². The van der Waals surface area contributed by atoms with Crippen LogP contribution in [-0.4, -0.2) is 24.7 Å². The highest BCUT2D eigenvalue weighted by Gasteiger charge is 2.31. The Labute approximate surface area is 157 Å². The molecule has 0 spiro atoms. The Hall–Kier alpha value is -1.53. The molecule has 124 valence electrons. The van der Waals surface area contributed by atoms with Crippen LogP contribution in [0, 0.1) is 6.92 Å². The molecule has 2 aromatic carbocycles. The van der Waals surface area contributed by atoms with Gasteiger partial charge in [-0.15, -0.1) is 10.2 Å². The molecule has 0 aliphatic carbocycles. The van der Waals surface area contributed by atoms with Crippen molar-refractivity contribution in [3.05, 3.63) is 47.0 Å². The summed E-state index contributed by atoms with van der Waals surface area (Å²) in [4.78, 5) is 13.3. The van der Waals surface area contributed by atoms with Gasteiger partial charge in [-0.1, -0.05) is 46.4 Å². The third kappa shape index (κ3) is 3.59. The molecule has 0 fully saturated rings. The van der Waals surface area contributed by atoms with E-state index < -0.39 is 9.70 Å². The second-order valence-electron chi connectivity index (χ2n) is 5.07. The van der Waals surface area contributed by atoms with E-state index in [4.69, 9.17) is 46.4 Å². The van der Waals surface area contributed by atoms with E-state index in [1.54, 1.807) is 36.4 Å². The van der Waals surface area contributed by atoms with Gasteiger partial charge in [-0.05, 0) is 48.9 Å². The van der Waals surface area contributed by atoms with Gasteiger partial charge in [-0.2, -0.15) is 4.80 Å². The van der Waals surface area contributed by atoms with E-state index in [1.165, 1.54) is 4.80 Å². The Bertz CT molecular complexity index is 916. The van der Waals surface area contributed by atoms with Gasteiger partial charge in [-0.25, -0.2) is 0 Å². The van der Waals surface area contributed by atoms with E-state index in [1.807, 2.05) is 6.92 Å². The maximum atomic E-state index is 11.8. The maximum Gasteiger partial charge on any atom is 0.276 e. The third-order valence-electron chi connectivity index (χ3n) is 3.29. The number of amides is 1. The normalized spacial score (nSPS) is 11.7. The summed E-state index contributed by atoms with van der Waals surface area (Å²) in [7, 11) is 0. The summed E-state index contributed by atoms with van der Waals surface area (Å²) in [6, 6.07) is 10.6. The third-order valence-corrected chi connectivity index (χ3v) is 4.06. The number of carbonyl (C=O) groups is 1. The Morgan fingerprint density at radius 3 is 2.25 bits per heavy atom. The molecule has 0 aliphatic heterocycles. The summed E-state index contributed by atoms with van der Waals surface area (Å²) in [5.74, 6) is -0.736. The van der Waals surface area contributed by atoms with Gasteiger partial charge in [0.25, 0.3) is 9.70 Å². The van der Waals surface area contributed by atoms with Crippen LogP contribution in [0.1, 0.15) is 5.56 Å². The lowest BCUT2D eigenvalue weighted by Crippen LogP contribution is -2.27. The quantitative estimate of drug-likeness (QED) is 0.631. The number of carbonyl (C=O) groups excluding carboxylic acids is 1.